The number of anilines is 1. The second-order valence-corrected chi connectivity index (χ2v) is 4.53. The van der Waals surface area contributed by atoms with Gasteiger partial charge in [-0.2, -0.15) is 0 Å². The fraction of sp³-hybridized carbons (Fsp3) is 0.667. The fourth-order valence-corrected chi connectivity index (χ4v) is 2.66. The molecule has 0 spiro atoms. The lowest BCUT2D eigenvalue weighted by atomic mass is 9.96. The van der Waals surface area contributed by atoms with E-state index in [1.165, 1.54) is 4.88 Å². The van der Waals surface area contributed by atoms with Gasteiger partial charge in [0.15, 0.2) is 10.9 Å². The number of aromatic nitrogens is 1. The van der Waals surface area contributed by atoms with E-state index >= 15 is 0 Å². The number of nitrogens with zero attached hydrogens (tertiary/aromatic N) is 1. The topological polar surface area (TPSA) is 57.4 Å². The Kier molecular flexibility index (Phi) is 2.47. The van der Waals surface area contributed by atoms with Gasteiger partial charge in [0.2, 0.25) is 0 Å². The highest BCUT2D eigenvalue weighted by atomic mass is 32.1. The molecule has 0 amide bonds. The summed E-state index contributed by atoms with van der Waals surface area (Å²) in [6, 6.07) is 0. The number of nitrogen functional groups attached to an aromatic ring is 1. The molecule has 2 rings (SSSR count). The number of fused-ring (bicyclic) bond motifs is 1. The molecular weight excluding hydrogens is 200 g/mol. The maximum Gasteiger partial charge on any atom is 0.180 e. The quantitative estimate of drug-likeness (QED) is 0.752. The van der Waals surface area contributed by atoms with Gasteiger partial charge in [0.05, 0.1) is 5.69 Å². The van der Waals surface area contributed by atoms with Crippen molar-refractivity contribution in [3.63, 3.8) is 0 Å². The number of ether oxygens (including phenoxy) is 2. The SMILES string of the molecule is COC1(OC)CCc2sc(N)nc2C1. The molecule has 0 fully saturated rings. The van der Waals surface area contributed by atoms with E-state index in [4.69, 9.17) is 15.2 Å². The van der Waals surface area contributed by atoms with Crippen LogP contribution in [0, 0.1) is 0 Å². The zero-order valence-corrected chi connectivity index (χ0v) is 9.19. The van der Waals surface area contributed by atoms with E-state index in [1.807, 2.05) is 0 Å². The Bertz CT molecular complexity index is 334. The molecule has 78 valence electrons. The highest BCUT2D eigenvalue weighted by Crippen LogP contribution is 2.35. The Morgan fingerprint density at radius 2 is 2.14 bits per heavy atom. The molecule has 0 saturated heterocycles. The molecule has 0 radical (unpaired) electrons. The Morgan fingerprint density at radius 1 is 1.43 bits per heavy atom. The number of hydrogen-bond donors (Lipinski definition) is 1. The third kappa shape index (κ3) is 1.51. The van der Waals surface area contributed by atoms with Crippen LogP contribution in [0.2, 0.25) is 0 Å². The van der Waals surface area contributed by atoms with Gasteiger partial charge in [-0.3, -0.25) is 0 Å². The molecular formula is C9H14N2O2S. The van der Waals surface area contributed by atoms with Crippen molar-refractivity contribution in [2.75, 3.05) is 20.0 Å². The van der Waals surface area contributed by atoms with E-state index in [2.05, 4.69) is 4.98 Å². The Balaban J connectivity index is 2.27. The van der Waals surface area contributed by atoms with Crippen LogP contribution < -0.4 is 5.73 Å². The van der Waals surface area contributed by atoms with E-state index in [0.29, 0.717) is 11.6 Å². The first kappa shape index (κ1) is 9.89. The number of methoxy groups -OCH3 is 2. The van der Waals surface area contributed by atoms with Crippen LogP contribution in [0.5, 0.6) is 0 Å². The van der Waals surface area contributed by atoms with Gasteiger partial charge in [-0.25, -0.2) is 4.98 Å². The van der Waals surface area contributed by atoms with Crippen LogP contribution in [0.15, 0.2) is 0 Å². The van der Waals surface area contributed by atoms with E-state index in [0.717, 1.165) is 18.5 Å². The molecule has 5 heteroatoms. The normalized spacial score (nSPS) is 19.3. The molecule has 2 N–H and O–H groups in total. The summed E-state index contributed by atoms with van der Waals surface area (Å²) >= 11 is 1.57. The monoisotopic (exact) mass is 214 g/mol. The van der Waals surface area contributed by atoms with Crippen molar-refractivity contribution in [3.8, 4) is 0 Å². The van der Waals surface area contributed by atoms with Crippen molar-refractivity contribution in [3.05, 3.63) is 10.6 Å². The first-order valence-electron chi connectivity index (χ1n) is 4.53. The third-order valence-electron chi connectivity index (χ3n) is 2.71. The van der Waals surface area contributed by atoms with Gasteiger partial charge < -0.3 is 15.2 Å². The smallest absolute Gasteiger partial charge is 0.180 e. The predicted octanol–water partition coefficient (Wildman–Crippen LogP) is 1.20. The number of nitrogens with two attached hydrogens (primary N) is 1. The average molecular weight is 214 g/mol. The predicted molar refractivity (Wildman–Crippen MR) is 55.3 cm³/mol. The van der Waals surface area contributed by atoms with Crippen LogP contribution >= 0.6 is 11.3 Å². The van der Waals surface area contributed by atoms with Crippen LogP contribution in [0.3, 0.4) is 0 Å². The van der Waals surface area contributed by atoms with Crippen LogP contribution in [0.1, 0.15) is 17.0 Å². The molecule has 4 nitrogen and oxygen atoms in total. The molecule has 1 aromatic rings. The molecule has 0 saturated carbocycles. The maximum atomic E-state index is 5.66. The van der Waals surface area contributed by atoms with Crippen LogP contribution in [-0.2, 0) is 22.3 Å². The minimum absolute atomic E-state index is 0.493. The van der Waals surface area contributed by atoms with Gasteiger partial charge in [0, 0.05) is 31.9 Å². The molecule has 0 aliphatic heterocycles. The molecule has 1 heterocycles. The van der Waals surface area contributed by atoms with Crippen molar-refractivity contribution in [2.24, 2.45) is 0 Å². The molecule has 14 heavy (non-hydrogen) atoms. The van der Waals surface area contributed by atoms with Crippen molar-refractivity contribution >= 4 is 16.5 Å². The lowest BCUT2D eigenvalue weighted by Crippen LogP contribution is -2.39. The lowest BCUT2D eigenvalue weighted by molar-refractivity contribution is -0.212. The molecule has 0 aromatic carbocycles. The highest BCUT2D eigenvalue weighted by molar-refractivity contribution is 7.15. The van der Waals surface area contributed by atoms with Gasteiger partial charge in [-0.05, 0) is 6.42 Å². The number of thiazole rings is 1. The third-order valence-corrected chi connectivity index (χ3v) is 3.70. The molecule has 0 unspecified atom stereocenters. The largest absolute Gasteiger partial charge is 0.375 e. The second kappa shape index (κ2) is 3.49. The number of aryl methyl sites for hydroxylation is 1. The molecule has 1 aromatic heterocycles. The van der Waals surface area contributed by atoms with E-state index in [-0.39, 0.29) is 0 Å². The zero-order chi connectivity index (χ0) is 10.2. The maximum absolute atomic E-state index is 5.66. The summed E-state index contributed by atoms with van der Waals surface area (Å²) in [4.78, 5) is 5.55. The summed E-state index contributed by atoms with van der Waals surface area (Å²) in [6.07, 6.45) is 2.50. The lowest BCUT2D eigenvalue weighted by Gasteiger charge is -2.33. The van der Waals surface area contributed by atoms with Gasteiger partial charge in [0.1, 0.15) is 0 Å². The van der Waals surface area contributed by atoms with E-state index in [9.17, 15) is 0 Å². The van der Waals surface area contributed by atoms with E-state index in [1.54, 1.807) is 25.6 Å². The number of rotatable bonds is 2. The molecule has 0 atom stereocenters. The summed E-state index contributed by atoms with van der Waals surface area (Å²) < 4.78 is 10.8. The summed E-state index contributed by atoms with van der Waals surface area (Å²) in [5.74, 6) is -0.493. The van der Waals surface area contributed by atoms with Crippen LogP contribution in [0.4, 0.5) is 5.13 Å². The highest BCUT2D eigenvalue weighted by Gasteiger charge is 2.36. The number of hydrogen-bond acceptors (Lipinski definition) is 5. The van der Waals surface area contributed by atoms with Gasteiger partial charge in [-0.15, -0.1) is 11.3 Å². The van der Waals surface area contributed by atoms with Crippen molar-refractivity contribution in [2.45, 2.75) is 25.0 Å². The summed E-state index contributed by atoms with van der Waals surface area (Å²) in [7, 11) is 3.34. The van der Waals surface area contributed by atoms with Crippen molar-refractivity contribution in [1.82, 2.24) is 4.98 Å². The zero-order valence-electron chi connectivity index (χ0n) is 8.37. The Hall–Kier alpha value is -0.650. The van der Waals surface area contributed by atoms with Gasteiger partial charge >= 0.3 is 0 Å². The second-order valence-electron chi connectivity index (χ2n) is 3.42. The fourth-order valence-electron chi connectivity index (χ4n) is 1.82. The summed E-state index contributed by atoms with van der Waals surface area (Å²) in [5, 5.41) is 0.637. The molecule has 0 bridgehead atoms. The van der Waals surface area contributed by atoms with E-state index < -0.39 is 5.79 Å². The van der Waals surface area contributed by atoms with Crippen molar-refractivity contribution < 1.29 is 9.47 Å². The van der Waals surface area contributed by atoms with Gasteiger partial charge in [0.25, 0.3) is 0 Å². The average Bonchev–Trinajstić information content (AvgIpc) is 2.56. The minimum atomic E-state index is -0.493. The Labute approximate surface area is 87.0 Å². The van der Waals surface area contributed by atoms with Gasteiger partial charge in [-0.1, -0.05) is 0 Å². The Morgan fingerprint density at radius 3 is 2.79 bits per heavy atom. The first-order valence-corrected chi connectivity index (χ1v) is 5.35. The molecule has 1 aliphatic carbocycles. The first-order chi connectivity index (χ1) is 6.69. The standard InChI is InChI=1S/C9H14N2O2S/c1-12-9(13-2)4-3-7-6(5-9)11-8(10)14-7/h3-5H2,1-2H3,(H2,10,11). The molecule has 1 aliphatic rings. The summed E-state index contributed by atoms with van der Waals surface area (Å²) in [5.41, 5.74) is 6.69. The van der Waals surface area contributed by atoms with Crippen LogP contribution in [0.25, 0.3) is 0 Å². The summed E-state index contributed by atoms with van der Waals surface area (Å²) in [6.45, 7) is 0. The van der Waals surface area contributed by atoms with Crippen LogP contribution in [-0.4, -0.2) is 25.0 Å². The van der Waals surface area contributed by atoms with Crippen molar-refractivity contribution in [1.29, 1.82) is 0 Å². The minimum Gasteiger partial charge on any atom is -0.375 e.